The van der Waals surface area contributed by atoms with Crippen molar-refractivity contribution in [1.29, 1.82) is 0 Å². The first-order chi connectivity index (χ1) is 23.3. The highest BCUT2D eigenvalue weighted by Gasteiger charge is 2.22. The Labute approximate surface area is 274 Å². The summed E-state index contributed by atoms with van der Waals surface area (Å²) in [7, 11) is 0. The van der Waals surface area contributed by atoms with Gasteiger partial charge in [0.05, 0.1) is 11.0 Å². The molecule has 0 atom stereocenters. The molecule has 2 aliphatic carbocycles. The summed E-state index contributed by atoms with van der Waals surface area (Å²) in [5, 5.41) is 7.76. The lowest BCUT2D eigenvalue weighted by Gasteiger charge is -2.25. The van der Waals surface area contributed by atoms with Crippen LogP contribution in [0.5, 0.6) is 0 Å². The van der Waals surface area contributed by atoms with Crippen LogP contribution >= 0.6 is 0 Å². The van der Waals surface area contributed by atoms with Crippen LogP contribution in [0.15, 0.2) is 157 Å². The Balaban J connectivity index is 1.24. The van der Waals surface area contributed by atoms with Crippen molar-refractivity contribution in [3.8, 4) is 27.9 Å². The summed E-state index contributed by atoms with van der Waals surface area (Å²) < 4.78 is 2.42. The predicted octanol–water partition coefficient (Wildman–Crippen LogP) is 12.5. The van der Waals surface area contributed by atoms with E-state index < -0.39 is 0 Å². The number of allylic oxidation sites excluding steroid dienone is 4. The molecule has 47 heavy (non-hydrogen) atoms. The highest BCUT2D eigenvalue weighted by Crippen LogP contribution is 2.46. The van der Waals surface area contributed by atoms with Gasteiger partial charge in [-0.1, -0.05) is 127 Å². The average molecular weight is 600 g/mol. The van der Waals surface area contributed by atoms with E-state index in [1.54, 1.807) is 11.1 Å². The maximum Gasteiger partial charge on any atom is 0.0547 e. The minimum absolute atomic E-state index is 1.11. The number of benzene rings is 7. The lowest BCUT2D eigenvalue weighted by molar-refractivity contribution is 0.897. The molecule has 0 aliphatic heterocycles. The molecule has 0 radical (unpaired) electrons. The fourth-order valence-corrected chi connectivity index (χ4v) is 8.51. The number of para-hydroxylation sites is 2. The van der Waals surface area contributed by atoms with E-state index in [0.717, 1.165) is 25.7 Å². The molecule has 0 fully saturated rings. The van der Waals surface area contributed by atoms with Crippen molar-refractivity contribution in [2.45, 2.75) is 25.7 Å². The summed E-state index contributed by atoms with van der Waals surface area (Å²) >= 11 is 0. The summed E-state index contributed by atoms with van der Waals surface area (Å²) in [5.74, 6) is 0. The number of fused-ring (bicyclic) bond motifs is 7. The molecular formula is C46H33N. The van der Waals surface area contributed by atoms with Crippen LogP contribution in [0.2, 0.25) is 0 Å². The summed E-state index contributed by atoms with van der Waals surface area (Å²) in [4.78, 5) is 0. The van der Waals surface area contributed by atoms with Crippen molar-refractivity contribution in [2.75, 3.05) is 0 Å². The van der Waals surface area contributed by atoms with Crippen molar-refractivity contribution >= 4 is 48.9 Å². The molecule has 8 aromatic rings. The van der Waals surface area contributed by atoms with E-state index in [9.17, 15) is 0 Å². The lowest BCUT2D eigenvalue weighted by Crippen LogP contribution is -2.06. The Morgan fingerprint density at radius 1 is 0.447 bits per heavy atom. The molecular weight excluding hydrogens is 567 g/mol. The van der Waals surface area contributed by atoms with Crippen LogP contribution in [-0.4, -0.2) is 4.57 Å². The maximum absolute atomic E-state index is 2.50. The van der Waals surface area contributed by atoms with Gasteiger partial charge in [-0.3, -0.25) is 0 Å². The molecule has 2 aliphatic rings. The Kier molecular flexibility index (Phi) is 5.90. The van der Waals surface area contributed by atoms with E-state index in [2.05, 4.69) is 156 Å². The van der Waals surface area contributed by atoms with Gasteiger partial charge in [-0.25, -0.2) is 0 Å². The number of nitrogens with zero attached hydrogens (tertiary/aromatic N) is 1. The number of aryl methyl sites for hydroxylation is 1. The first-order valence-electron chi connectivity index (χ1n) is 16.9. The Morgan fingerprint density at radius 3 is 1.77 bits per heavy atom. The molecule has 7 aromatic carbocycles. The van der Waals surface area contributed by atoms with Crippen molar-refractivity contribution in [2.24, 2.45) is 0 Å². The lowest BCUT2D eigenvalue weighted by atomic mass is 9.79. The normalized spacial score (nSPS) is 14.3. The second-order valence-electron chi connectivity index (χ2n) is 13.1. The summed E-state index contributed by atoms with van der Waals surface area (Å²) in [6.45, 7) is 0. The number of rotatable bonds is 3. The molecule has 0 N–H and O–H groups in total. The van der Waals surface area contributed by atoms with Gasteiger partial charge in [0.15, 0.2) is 0 Å². The van der Waals surface area contributed by atoms with Gasteiger partial charge in [0.2, 0.25) is 0 Å². The summed E-state index contributed by atoms with van der Waals surface area (Å²) in [6, 6.07) is 52.0. The monoisotopic (exact) mass is 599 g/mol. The first-order valence-corrected chi connectivity index (χ1v) is 16.9. The van der Waals surface area contributed by atoms with Crippen LogP contribution in [0.3, 0.4) is 0 Å². The third-order valence-electron chi connectivity index (χ3n) is 10.6. The quantitative estimate of drug-likeness (QED) is 0.178. The Morgan fingerprint density at radius 2 is 1.04 bits per heavy atom. The smallest absolute Gasteiger partial charge is 0.0547 e. The highest BCUT2D eigenvalue weighted by atomic mass is 15.0. The molecule has 0 bridgehead atoms. The maximum atomic E-state index is 2.50. The Hall–Kier alpha value is -5.66. The van der Waals surface area contributed by atoms with Crippen LogP contribution in [-0.2, 0) is 6.42 Å². The zero-order chi connectivity index (χ0) is 30.9. The van der Waals surface area contributed by atoms with Crippen LogP contribution in [0, 0.1) is 0 Å². The molecule has 0 saturated heterocycles. The van der Waals surface area contributed by atoms with Gasteiger partial charge < -0.3 is 4.57 Å². The van der Waals surface area contributed by atoms with Gasteiger partial charge in [0, 0.05) is 16.5 Å². The van der Waals surface area contributed by atoms with Gasteiger partial charge >= 0.3 is 0 Å². The molecule has 0 saturated carbocycles. The fraction of sp³-hybridized carbons (Fsp3) is 0.0870. The van der Waals surface area contributed by atoms with E-state index in [1.165, 1.54) is 82.4 Å². The minimum atomic E-state index is 1.11. The zero-order valence-corrected chi connectivity index (χ0v) is 26.2. The molecule has 0 amide bonds. The standard InChI is InChI=1S/C46H33N/c1-2-13-34(14-3-1)47-43-21-11-10-16-37(43)38-27-25-33(29-44(38)47)46-41-19-8-6-17-39(41)45(40-18-7-9-20-42(40)46)32-24-26-36-31(28-32)23-22-30-12-4-5-15-35(30)36/h1-4,6-14,16-21,24-29H,5,15,22-23H2. The summed E-state index contributed by atoms with van der Waals surface area (Å²) in [6.07, 6.45) is 9.27. The van der Waals surface area contributed by atoms with Crippen molar-refractivity contribution < 1.29 is 0 Å². The Bertz CT molecular complexity index is 2550. The number of hydrogen-bond donors (Lipinski definition) is 0. The molecule has 222 valence electrons. The van der Waals surface area contributed by atoms with Gasteiger partial charge in [-0.15, -0.1) is 0 Å². The largest absolute Gasteiger partial charge is 0.309 e. The van der Waals surface area contributed by atoms with Crippen LogP contribution in [0.4, 0.5) is 0 Å². The molecule has 1 aromatic heterocycles. The number of aromatic nitrogens is 1. The molecule has 1 heteroatoms. The SMILES string of the molecule is C1=CC2=C(CC1)c1ccc(-c3c4ccccc4c(-c4ccc5c6ccccc6n(-c6ccccc6)c5c4)c4ccccc34)cc1CC2. The van der Waals surface area contributed by atoms with E-state index >= 15 is 0 Å². The van der Waals surface area contributed by atoms with Crippen molar-refractivity contribution in [3.05, 3.63) is 168 Å². The fourth-order valence-electron chi connectivity index (χ4n) is 8.51. The van der Waals surface area contributed by atoms with E-state index in [4.69, 9.17) is 0 Å². The van der Waals surface area contributed by atoms with Crippen LogP contribution < -0.4 is 0 Å². The van der Waals surface area contributed by atoms with Crippen molar-refractivity contribution in [1.82, 2.24) is 4.57 Å². The third-order valence-corrected chi connectivity index (χ3v) is 10.6. The second-order valence-corrected chi connectivity index (χ2v) is 13.1. The van der Waals surface area contributed by atoms with Gasteiger partial charge in [-0.2, -0.15) is 0 Å². The molecule has 1 nitrogen and oxygen atoms in total. The van der Waals surface area contributed by atoms with Crippen molar-refractivity contribution in [3.63, 3.8) is 0 Å². The van der Waals surface area contributed by atoms with E-state index in [-0.39, 0.29) is 0 Å². The van der Waals surface area contributed by atoms with Crippen LogP contribution in [0.1, 0.15) is 30.4 Å². The average Bonchev–Trinajstić information content (AvgIpc) is 3.47. The first kappa shape index (κ1) is 26.5. The second kappa shape index (κ2) is 10.4. The molecule has 0 unspecified atom stereocenters. The molecule has 1 heterocycles. The highest BCUT2D eigenvalue weighted by molar-refractivity contribution is 6.22. The van der Waals surface area contributed by atoms with Crippen LogP contribution in [0.25, 0.3) is 76.9 Å². The molecule has 0 spiro atoms. The zero-order valence-electron chi connectivity index (χ0n) is 26.2. The van der Waals surface area contributed by atoms with Gasteiger partial charge in [0.1, 0.15) is 0 Å². The van der Waals surface area contributed by atoms with E-state index in [1.807, 2.05) is 0 Å². The third kappa shape index (κ3) is 4.03. The van der Waals surface area contributed by atoms with E-state index in [0.29, 0.717) is 0 Å². The number of hydrogen-bond acceptors (Lipinski definition) is 0. The van der Waals surface area contributed by atoms with Gasteiger partial charge in [-0.05, 0) is 116 Å². The molecule has 10 rings (SSSR count). The minimum Gasteiger partial charge on any atom is -0.309 e. The summed E-state index contributed by atoms with van der Waals surface area (Å²) in [5.41, 5.74) is 14.9. The predicted molar refractivity (Wildman–Crippen MR) is 200 cm³/mol. The topological polar surface area (TPSA) is 4.93 Å². The van der Waals surface area contributed by atoms with Gasteiger partial charge in [0.25, 0.3) is 0 Å².